The van der Waals surface area contributed by atoms with Gasteiger partial charge in [0.1, 0.15) is 10.1 Å². The van der Waals surface area contributed by atoms with Crippen LogP contribution < -0.4 is 16.0 Å². The van der Waals surface area contributed by atoms with Crippen molar-refractivity contribution >= 4 is 68.9 Å². The van der Waals surface area contributed by atoms with Gasteiger partial charge in [-0.3, -0.25) is 9.59 Å². The van der Waals surface area contributed by atoms with E-state index >= 15 is 0 Å². The Kier molecular flexibility index (Phi) is 22.0. The van der Waals surface area contributed by atoms with Crippen molar-refractivity contribution in [3.8, 4) is 0 Å². The van der Waals surface area contributed by atoms with Crippen molar-refractivity contribution in [2.24, 2.45) is 0 Å². The number of rotatable bonds is 26. The Balaban J connectivity index is 1.36. The highest BCUT2D eigenvalue weighted by molar-refractivity contribution is 8.47. The van der Waals surface area contributed by atoms with Crippen LogP contribution in [0.25, 0.3) is 0 Å². The van der Waals surface area contributed by atoms with Crippen molar-refractivity contribution in [3.05, 3.63) is 0 Å². The molecule has 0 aromatic heterocycles. The van der Waals surface area contributed by atoms with Crippen LogP contribution in [0.1, 0.15) is 124 Å². The fraction of sp³-hybridized carbons (Fsp3) is 0.879. The second-order valence-corrected chi connectivity index (χ2v) is 18.0. The number of thiocarbonyl (C=S) groups is 1. The minimum absolute atomic E-state index is 0.0231. The monoisotopic (exact) mass is 705 g/mol. The molecule has 3 atom stereocenters. The maximum absolute atomic E-state index is 12.2. The molecule has 260 valence electrons. The molecule has 2 aliphatic heterocycles. The van der Waals surface area contributed by atoms with E-state index in [2.05, 4.69) is 36.7 Å². The van der Waals surface area contributed by atoms with E-state index in [0.29, 0.717) is 44.3 Å². The molecule has 2 fully saturated rings. The van der Waals surface area contributed by atoms with Crippen molar-refractivity contribution in [1.82, 2.24) is 16.0 Å². The van der Waals surface area contributed by atoms with E-state index in [0.717, 1.165) is 34.3 Å². The molecule has 0 radical (unpaired) electrons. The summed E-state index contributed by atoms with van der Waals surface area (Å²) in [6.45, 7) is 7.88. The average Bonchev–Trinajstić information content (AvgIpc) is 3.55. The number of ether oxygens (including phenoxy) is 2. The van der Waals surface area contributed by atoms with Gasteiger partial charge in [0.2, 0.25) is 5.91 Å². The van der Waals surface area contributed by atoms with Gasteiger partial charge in [-0.15, -0.1) is 23.5 Å². The van der Waals surface area contributed by atoms with Crippen LogP contribution in [0.3, 0.4) is 0 Å². The Morgan fingerprint density at radius 1 is 0.956 bits per heavy atom. The molecule has 0 aliphatic carbocycles. The molecular weight excluding hydrogens is 647 g/mol. The van der Waals surface area contributed by atoms with Gasteiger partial charge >= 0.3 is 12.0 Å². The molecule has 0 saturated carbocycles. The lowest BCUT2D eigenvalue weighted by molar-refractivity contribution is -0.145. The van der Waals surface area contributed by atoms with E-state index in [-0.39, 0.29) is 41.3 Å². The van der Waals surface area contributed by atoms with Gasteiger partial charge in [0.05, 0.1) is 25.3 Å². The fourth-order valence-electron chi connectivity index (χ4n) is 5.47. The van der Waals surface area contributed by atoms with E-state index in [1.165, 1.54) is 64.2 Å². The van der Waals surface area contributed by atoms with Crippen LogP contribution in [0.5, 0.6) is 0 Å². The summed E-state index contributed by atoms with van der Waals surface area (Å²) in [5.74, 6) is 1.84. The first-order valence-electron chi connectivity index (χ1n) is 17.2. The Bertz CT molecular complexity index is 879. The maximum atomic E-state index is 12.2. The summed E-state index contributed by atoms with van der Waals surface area (Å²) >= 11 is 11.0. The molecule has 0 bridgehead atoms. The molecule has 0 aromatic carbocycles. The van der Waals surface area contributed by atoms with Crippen LogP contribution in [0, 0.1) is 0 Å². The number of fused-ring (bicyclic) bond motifs is 1. The van der Waals surface area contributed by atoms with Gasteiger partial charge in [-0.25, -0.2) is 4.79 Å². The van der Waals surface area contributed by atoms with E-state index < -0.39 is 0 Å². The highest BCUT2D eigenvalue weighted by atomic mass is 32.2. The predicted molar refractivity (Wildman–Crippen MR) is 197 cm³/mol. The number of esters is 1. The van der Waals surface area contributed by atoms with Gasteiger partial charge in [-0.2, -0.15) is 11.8 Å². The van der Waals surface area contributed by atoms with Gasteiger partial charge in [0, 0.05) is 35.1 Å². The van der Waals surface area contributed by atoms with Gasteiger partial charge in [-0.1, -0.05) is 97.2 Å². The van der Waals surface area contributed by atoms with Crippen molar-refractivity contribution in [1.29, 1.82) is 0 Å². The van der Waals surface area contributed by atoms with E-state index in [1.54, 1.807) is 23.5 Å². The predicted octanol–water partition coefficient (Wildman–Crippen LogP) is 7.62. The molecule has 8 nitrogen and oxygen atoms in total. The Labute approximate surface area is 290 Å². The highest BCUT2D eigenvalue weighted by Gasteiger charge is 2.42. The third kappa shape index (κ3) is 19.7. The van der Waals surface area contributed by atoms with Crippen LogP contribution in [-0.2, 0) is 19.1 Å². The number of hydrogen-bond acceptors (Lipinski definition) is 9. The van der Waals surface area contributed by atoms with Gasteiger partial charge in [0.15, 0.2) is 0 Å². The molecule has 12 heteroatoms. The molecule has 0 spiro atoms. The van der Waals surface area contributed by atoms with Crippen molar-refractivity contribution in [3.63, 3.8) is 0 Å². The molecule has 45 heavy (non-hydrogen) atoms. The third-order valence-electron chi connectivity index (χ3n) is 8.15. The topological polar surface area (TPSA) is 106 Å². The van der Waals surface area contributed by atoms with Crippen LogP contribution in [0.4, 0.5) is 4.79 Å². The summed E-state index contributed by atoms with van der Waals surface area (Å²) in [7, 11) is 0. The second kappa shape index (κ2) is 24.5. The minimum atomic E-state index is -0.220. The maximum Gasteiger partial charge on any atom is 0.315 e. The molecule has 2 heterocycles. The SMILES string of the molecule is CCCCCCCCCCCCSC(=S)SC(C)(C)CCC(=O)OCCOCCNC(=O)CCCCC1SCC2NC(=O)NC21. The van der Waals surface area contributed by atoms with Crippen LogP contribution in [0.15, 0.2) is 0 Å². The van der Waals surface area contributed by atoms with Crippen molar-refractivity contribution < 1.29 is 23.9 Å². The Hall–Kier alpha value is -0.690. The summed E-state index contributed by atoms with van der Waals surface area (Å²) in [5.41, 5.74) is 0. The van der Waals surface area contributed by atoms with E-state index in [1.807, 2.05) is 11.8 Å². The summed E-state index contributed by atoms with van der Waals surface area (Å²) in [6.07, 6.45) is 17.8. The zero-order chi connectivity index (χ0) is 32.8. The van der Waals surface area contributed by atoms with Crippen LogP contribution in [0.2, 0.25) is 0 Å². The average molecular weight is 706 g/mol. The van der Waals surface area contributed by atoms with E-state index in [4.69, 9.17) is 21.7 Å². The van der Waals surface area contributed by atoms with Crippen LogP contribution >= 0.6 is 47.5 Å². The summed E-state index contributed by atoms with van der Waals surface area (Å²) in [4.78, 5) is 35.8. The number of hydrogen-bond donors (Lipinski definition) is 3. The molecular formula is C33H59N3O5S4. The Morgan fingerprint density at radius 3 is 2.40 bits per heavy atom. The van der Waals surface area contributed by atoms with E-state index in [9.17, 15) is 14.4 Å². The van der Waals surface area contributed by atoms with Gasteiger partial charge in [0.25, 0.3) is 0 Å². The number of nitrogens with one attached hydrogen (secondary N) is 3. The number of unbranched alkanes of at least 4 members (excludes halogenated alkanes) is 10. The number of carbonyl (C=O) groups excluding carboxylic acids is 3. The quantitative estimate of drug-likeness (QED) is 0.0363. The summed E-state index contributed by atoms with van der Waals surface area (Å²) in [6, 6.07) is 0.400. The third-order valence-corrected chi connectivity index (χ3v) is 12.5. The molecule has 3 amide bonds. The first-order valence-corrected chi connectivity index (χ1v) is 20.5. The standard InChI is InChI=1S/C33H59N3O5S4/c1-4-5-6-7-8-9-10-11-12-15-24-43-32(42)45-33(2,3)19-18-29(38)41-23-22-40-21-20-34-28(37)17-14-13-16-27-30-26(25-44-27)35-31(39)36-30/h26-27,30H,4-25H2,1-3H3,(H,34,37)(H2,35,36,39). The summed E-state index contributed by atoms with van der Waals surface area (Å²) < 4.78 is 11.7. The van der Waals surface area contributed by atoms with Gasteiger partial charge < -0.3 is 25.4 Å². The number of thioether (sulfide) groups is 3. The number of urea groups is 1. The normalized spacial score (nSPS) is 19.2. The molecule has 0 aromatic rings. The highest BCUT2D eigenvalue weighted by Crippen LogP contribution is 2.35. The smallest absolute Gasteiger partial charge is 0.315 e. The van der Waals surface area contributed by atoms with Crippen molar-refractivity contribution in [2.45, 2.75) is 146 Å². The molecule has 2 aliphatic rings. The lowest BCUT2D eigenvalue weighted by atomic mass is 10.0. The minimum Gasteiger partial charge on any atom is -0.463 e. The number of carbonyl (C=O) groups is 3. The van der Waals surface area contributed by atoms with Gasteiger partial charge in [-0.05, 0) is 31.4 Å². The zero-order valence-electron chi connectivity index (χ0n) is 28.0. The largest absolute Gasteiger partial charge is 0.463 e. The fourth-order valence-corrected chi connectivity index (χ4v) is 10.3. The lowest BCUT2D eigenvalue weighted by Crippen LogP contribution is -2.36. The lowest BCUT2D eigenvalue weighted by Gasteiger charge is -2.23. The first-order chi connectivity index (χ1) is 21.7. The zero-order valence-corrected chi connectivity index (χ0v) is 31.2. The van der Waals surface area contributed by atoms with Crippen molar-refractivity contribution in [2.75, 3.05) is 37.9 Å². The second-order valence-electron chi connectivity index (χ2n) is 12.7. The summed E-state index contributed by atoms with van der Waals surface area (Å²) in [5, 5.41) is 9.27. The molecule has 2 rings (SSSR count). The molecule has 3 N–H and O–H groups in total. The van der Waals surface area contributed by atoms with Crippen LogP contribution in [-0.4, -0.2) is 81.4 Å². The first kappa shape index (κ1) is 40.5. The molecule has 3 unspecified atom stereocenters. The number of amides is 3. The Morgan fingerprint density at radius 2 is 1.67 bits per heavy atom. The molecule has 2 saturated heterocycles.